The molecule has 0 heterocycles. The van der Waals surface area contributed by atoms with Gasteiger partial charge in [-0.05, 0) is 43.7 Å². The lowest BCUT2D eigenvalue weighted by Crippen LogP contribution is -2.11. The average molecular weight is 351 g/mol. The molecule has 0 atom stereocenters. The third kappa shape index (κ3) is 4.80. The van der Waals surface area contributed by atoms with Crippen molar-refractivity contribution in [3.05, 3.63) is 52.5 Å². The van der Waals surface area contributed by atoms with Crippen molar-refractivity contribution in [1.82, 2.24) is 0 Å². The van der Waals surface area contributed by atoms with Crippen LogP contribution < -0.4 is 14.2 Å². The highest BCUT2D eigenvalue weighted by Gasteiger charge is 2.15. The van der Waals surface area contributed by atoms with Crippen LogP contribution in [-0.2, 0) is 0 Å². The van der Waals surface area contributed by atoms with Crippen LogP contribution in [0.5, 0.6) is 17.2 Å². The monoisotopic (exact) mass is 350 g/mol. The summed E-state index contributed by atoms with van der Waals surface area (Å²) in [6.45, 7) is 4.73. The molecule has 0 unspecified atom stereocenters. The quantitative estimate of drug-likeness (QED) is 0.723. The number of benzene rings is 2. The van der Waals surface area contributed by atoms with Crippen molar-refractivity contribution in [3.8, 4) is 17.2 Å². The smallest absolute Gasteiger partial charge is 0.335 e. The van der Waals surface area contributed by atoms with E-state index < -0.39 is 5.97 Å². The lowest BCUT2D eigenvalue weighted by Gasteiger charge is -2.14. The molecule has 0 radical (unpaired) electrons. The number of ether oxygens (including phenoxy) is 3. The second kappa shape index (κ2) is 8.45. The summed E-state index contributed by atoms with van der Waals surface area (Å²) in [4.78, 5) is 11.1. The Kier molecular flexibility index (Phi) is 6.32. The zero-order chi connectivity index (χ0) is 17.5. The van der Waals surface area contributed by atoms with Crippen molar-refractivity contribution in [2.75, 3.05) is 19.8 Å². The first kappa shape index (κ1) is 17.9. The number of aryl methyl sites for hydroxylation is 1. The zero-order valence-corrected chi connectivity index (χ0v) is 14.3. The van der Waals surface area contributed by atoms with Gasteiger partial charge in [0.15, 0.2) is 11.5 Å². The zero-order valence-electron chi connectivity index (χ0n) is 13.5. The fourth-order valence-corrected chi connectivity index (χ4v) is 2.37. The van der Waals surface area contributed by atoms with E-state index in [9.17, 15) is 4.79 Å². The molecule has 0 aromatic heterocycles. The SMILES string of the molecule is CCOc1cc(C(=O)O)cc(Cl)c1OCCOc1cccc(C)c1. The van der Waals surface area contributed by atoms with Crippen molar-refractivity contribution in [3.63, 3.8) is 0 Å². The summed E-state index contributed by atoms with van der Waals surface area (Å²) >= 11 is 6.12. The number of aromatic carboxylic acids is 1. The van der Waals surface area contributed by atoms with Crippen LogP contribution in [0.15, 0.2) is 36.4 Å². The minimum absolute atomic E-state index is 0.0480. The summed E-state index contributed by atoms with van der Waals surface area (Å²) in [6, 6.07) is 10.4. The molecule has 1 N–H and O–H groups in total. The van der Waals surface area contributed by atoms with Gasteiger partial charge in [0.05, 0.1) is 17.2 Å². The van der Waals surface area contributed by atoms with E-state index in [2.05, 4.69) is 0 Å². The maximum Gasteiger partial charge on any atom is 0.335 e. The molecule has 0 amide bonds. The predicted octanol–water partition coefficient (Wildman–Crippen LogP) is 4.20. The van der Waals surface area contributed by atoms with Crippen LogP contribution >= 0.6 is 11.6 Å². The van der Waals surface area contributed by atoms with Gasteiger partial charge in [-0.25, -0.2) is 4.79 Å². The van der Waals surface area contributed by atoms with Crippen LogP contribution in [0, 0.1) is 6.92 Å². The summed E-state index contributed by atoms with van der Waals surface area (Å²) in [5.74, 6) is 0.303. The highest BCUT2D eigenvalue weighted by molar-refractivity contribution is 6.32. The second-order valence-electron chi connectivity index (χ2n) is 5.04. The molecule has 0 saturated carbocycles. The number of halogens is 1. The average Bonchev–Trinajstić information content (AvgIpc) is 2.53. The minimum Gasteiger partial charge on any atom is -0.490 e. The molecule has 0 aliphatic carbocycles. The van der Waals surface area contributed by atoms with Gasteiger partial charge >= 0.3 is 5.97 Å². The number of hydrogen-bond donors (Lipinski definition) is 1. The van der Waals surface area contributed by atoms with E-state index in [4.69, 9.17) is 30.9 Å². The van der Waals surface area contributed by atoms with E-state index in [0.717, 1.165) is 11.3 Å². The molecule has 6 heteroatoms. The molecule has 128 valence electrons. The molecule has 0 saturated heterocycles. The fourth-order valence-electron chi connectivity index (χ4n) is 2.10. The van der Waals surface area contributed by atoms with Crippen molar-refractivity contribution in [1.29, 1.82) is 0 Å². The highest BCUT2D eigenvalue weighted by Crippen LogP contribution is 2.36. The molecule has 24 heavy (non-hydrogen) atoms. The Morgan fingerprint density at radius 1 is 1.12 bits per heavy atom. The van der Waals surface area contributed by atoms with Gasteiger partial charge in [0.1, 0.15) is 19.0 Å². The van der Waals surface area contributed by atoms with Crippen molar-refractivity contribution in [2.45, 2.75) is 13.8 Å². The molecule has 0 aliphatic heterocycles. The number of rotatable bonds is 8. The molecular weight excluding hydrogens is 332 g/mol. The number of carbonyl (C=O) groups is 1. The molecule has 0 fully saturated rings. The number of carboxylic acid groups (broad SMARTS) is 1. The van der Waals surface area contributed by atoms with Gasteiger partial charge < -0.3 is 19.3 Å². The molecule has 2 aromatic rings. The van der Waals surface area contributed by atoms with Crippen LogP contribution in [0.4, 0.5) is 0 Å². The molecule has 2 aromatic carbocycles. The van der Waals surface area contributed by atoms with Crippen LogP contribution in [-0.4, -0.2) is 30.9 Å². The predicted molar refractivity (Wildman–Crippen MR) is 91.7 cm³/mol. The van der Waals surface area contributed by atoms with E-state index >= 15 is 0 Å². The van der Waals surface area contributed by atoms with Crippen LogP contribution in [0.3, 0.4) is 0 Å². The van der Waals surface area contributed by atoms with E-state index in [1.54, 1.807) is 6.92 Å². The van der Waals surface area contributed by atoms with E-state index in [1.807, 2.05) is 31.2 Å². The Morgan fingerprint density at radius 3 is 2.54 bits per heavy atom. The van der Waals surface area contributed by atoms with Gasteiger partial charge in [0.2, 0.25) is 0 Å². The third-order valence-corrected chi connectivity index (χ3v) is 3.43. The Morgan fingerprint density at radius 2 is 1.88 bits per heavy atom. The Balaban J connectivity index is 2.02. The van der Waals surface area contributed by atoms with Crippen LogP contribution in [0.2, 0.25) is 5.02 Å². The summed E-state index contributed by atoms with van der Waals surface area (Å²) < 4.78 is 16.7. The first-order valence-corrected chi connectivity index (χ1v) is 7.91. The topological polar surface area (TPSA) is 65.0 Å². The molecule has 2 rings (SSSR count). The van der Waals surface area contributed by atoms with Gasteiger partial charge in [-0.1, -0.05) is 23.7 Å². The van der Waals surface area contributed by atoms with Gasteiger partial charge in [0, 0.05) is 0 Å². The largest absolute Gasteiger partial charge is 0.490 e. The number of carboxylic acids is 1. The van der Waals surface area contributed by atoms with E-state index in [-0.39, 0.29) is 17.2 Å². The standard InChI is InChI=1S/C18H19ClO5/c1-3-22-16-11-13(18(20)21)10-15(19)17(16)24-8-7-23-14-6-4-5-12(2)9-14/h4-6,9-11H,3,7-8H2,1-2H3,(H,20,21). The summed E-state index contributed by atoms with van der Waals surface area (Å²) in [6.07, 6.45) is 0. The molecule has 0 aliphatic rings. The van der Waals surface area contributed by atoms with Gasteiger partial charge in [-0.2, -0.15) is 0 Å². The van der Waals surface area contributed by atoms with E-state index in [0.29, 0.717) is 24.7 Å². The second-order valence-corrected chi connectivity index (χ2v) is 5.44. The van der Waals surface area contributed by atoms with Crippen molar-refractivity contribution >= 4 is 17.6 Å². The van der Waals surface area contributed by atoms with Gasteiger partial charge in [-0.15, -0.1) is 0 Å². The minimum atomic E-state index is -1.08. The maximum atomic E-state index is 11.1. The fraction of sp³-hybridized carbons (Fsp3) is 0.278. The summed E-state index contributed by atoms with van der Waals surface area (Å²) in [5.41, 5.74) is 1.16. The van der Waals surface area contributed by atoms with E-state index in [1.165, 1.54) is 12.1 Å². The third-order valence-electron chi connectivity index (χ3n) is 3.14. The highest BCUT2D eigenvalue weighted by atomic mass is 35.5. The lowest BCUT2D eigenvalue weighted by atomic mass is 10.2. The Labute approximate surface area is 145 Å². The lowest BCUT2D eigenvalue weighted by molar-refractivity contribution is 0.0696. The molecule has 0 spiro atoms. The molecule has 0 bridgehead atoms. The summed E-state index contributed by atoms with van der Waals surface area (Å²) in [7, 11) is 0. The van der Waals surface area contributed by atoms with Gasteiger partial charge in [-0.3, -0.25) is 0 Å². The number of hydrogen-bond acceptors (Lipinski definition) is 4. The first-order valence-electron chi connectivity index (χ1n) is 7.53. The van der Waals surface area contributed by atoms with Crippen molar-refractivity contribution in [2.24, 2.45) is 0 Å². The first-order chi connectivity index (χ1) is 11.5. The van der Waals surface area contributed by atoms with Crippen LogP contribution in [0.25, 0.3) is 0 Å². The van der Waals surface area contributed by atoms with Crippen molar-refractivity contribution < 1.29 is 24.1 Å². The molecule has 5 nitrogen and oxygen atoms in total. The molecular formula is C18H19ClO5. The van der Waals surface area contributed by atoms with Crippen LogP contribution in [0.1, 0.15) is 22.8 Å². The Hall–Kier alpha value is -2.40. The maximum absolute atomic E-state index is 11.1. The van der Waals surface area contributed by atoms with Gasteiger partial charge in [0.25, 0.3) is 0 Å². The Bertz CT molecular complexity index is 715. The normalized spacial score (nSPS) is 10.3. The summed E-state index contributed by atoms with van der Waals surface area (Å²) in [5, 5.41) is 9.27.